The first-order valence-corrected chi connectivity index (χ1v) is 6.15. The summed E-state index contributed by atoms with van der Waals surface area (Å²) in [4.78, 5) is 15.7. The number of aliphatic hydroxyl groups excluding tert-OH is 1. The Kier molecular flexibility index (Phi) is 3.97. The van der Waals surface area contributed by atoms with Gasteiger partial charge in [0, 0.05) is 11.8 Å². The van der Waals surface area contributed by atoms with Gasteiger partial charge in [-0.25, -0.2) is 4.98 Å². The van der Waals surface area contributed by atoms with Crippen LogP contribution in [0.15, 0.2) is 18.3 Å². The molecule has 1 saturated carbocycles. The molecule has 4 nitrogen and oxygen atoms in total. The Morgan fingerprint density at radius 1 is 1.47 bits per heavy atom. The van der Waals surface area contributed by atoms with Crippen LogP contribution in [0, 0.1) is 0 Å². The van der Waals surface area contributed by atoms with E-state index in [1.54, 1.807) is 6.07 Å². The maximum atomic E-state index is 11.9. The Labute approximate surface area is 105 Å². The van der Waals surface area contributed by atoms with Crippen LogP contribution in [0.5, 0.6) is 0 Å². The Balaban J connectivity index is 2.01. The van der Waals surface area contributed by atoms with Gasteiger partial charge in [-0.3, -0.25) is 4.79 Å². The van der Waals surface area contributed by atoms with Crippen molar-refractivity contribution in [1.29, 1.82) is 0 Å². The monoisotopic (exact) mass is 254 g/mol. The molecule has 0 aliphatic heterocycles. The van der Waals surface area contributed by atoms with Gasteiger partial charge in [0.15, 0.2) is 0 Å². The lowest BCUT2D eigenvalue weighted by Gasteiger charge is -2.28. The number of nitrogens with zero attached hydrogens (tertiary/aromatic N) is 1. The van der Waals surface area contributed by atoms with Crippen LogP contribution in [-0.2, 0) is 0 Å². The molecule has 17 heavy (non-hydrogen) atoms. The number of amides is 1. The van der Waals surface area contributed by atoms with Gasteiger partial charge >= 0.3 is 0 Å². The van der Waals surface area contributed by atoms with Crippen molar-refractivity contribution in [3.63, 3.8) is 0 Å². The highest BCUT2D eigenvalue weighted by atomic mass is 35.5. The van der Waals surface area contributed by atoms with Crippen LogP contribution in [0.4, 0.5) is 0 Å². The van der Waals surface area contributed by atoms with Gasteiger partial charge in [-0.2, -0.15) is 0 Å². The third-order valence-corrected chi connectivity index (χ3v) is 3.24. The third kappa shape index (κ3) is 3.17. The molecular weight excluding hydrogens is 240 g/mol. The molecule has 1 aromatic heterocycles. The van der Waals surface area contributed by atoms with Crippen LogP contribution in [0.25, 0.3) is 0 Å². The molecule has 1 fully saturated rings. The van der Waals surface area contributed by atoms with Crippen molar-refractivity contribution >= 4 is 17.5 Å². The molecule has 1 aliphatic rings. The molecule has 0 radical (unpaired) electrons. The molecule has 5 heteroatoms. The van der Waals surface area contributed by atoms with Crippen molar-refractivity contribution in [3.8, 4) is 0 Å². The van der Waals surface area contributed by atoms with Gasteiger partial charge < -0.3 is 10.4 Å². The molecule has 0 aromatic carbocycles. The number of halogens is 1. The van der Waals surface area contributed by atoms with E-state index in [0.29, 0.717) is 10.7 Å². The molecule has 2 atom stereocenters. The molecule has 0 spiro atoms. The van der Waals surface area contributed by atoms with Crippen LogP contribution in [0.3, 0.4) is 0 Å². The molecule has 2 rings (SSSR count). The van der Waals surface area contributed by atoms with Crippen molar-refractivity contribution in [2.45, 2.75) is 37.8 Å². The number of aliphatic hydroxyl groups is 1. The van der Waals surface area contributed by atoms with Crippen LogP contribution in [-0.4, -0.2) is 28.1 Å². The summed E-state index contributed by atoms with van der Waals surface area (Å²) in [7, 11) is 0. The van der Waals surface area contributed by atoms with Crippen molar-refractivity contribution in [2.75, 3.05) is 0 Å². The number of rotatable bonds is 2. The minimum atomic E-state index is -0.440. The van der Waals surface area contributed by atoms with E-state index in [1.807, 2.05) is 0 Å². The van der Waals surface area contributed by atoms with E-state index in [9.17, 15) is 9.90 Å². The predicted octanol–water partition coefficient (Wildman–Crippen LogP) is 1.77. The summed E-state index contributed by atoms with van der Waals surface area (Å²) in [5, 5.41) is 12.9. The van der Waals surface area contributed by atoms with Gasteiger partial charge in [0.05, 0.1) is 12.1 Å². The van der Waals surface area contributed by atoms with E-state index in [1.165, 1.54) is 12.3 Å². The third-order valence-electron chi connectivity index (χ3n) is 3.03. The number of pyridine rings is 1. The zero-order chi connectivity index (χ0) is 12.3. The fourth-order valence-electron chi connectivity index (χ4n) is 2.08. The molecule has 2 unspecified atom stereocenters. The first-order valence-electron chi connectivity index (χ1n) is 5.77. The van der Waals surface area contributed by atoms with Crippen LogP contribution in [0.1, 0.15) is 36.0 Å². The van der Waals surface area contributed by atoms with Crippen LogP contribution >= 0.6 is 11.6 Å². The lowest BCUT2D eigenvalue weighted by atomic mass is 9.92. The summed E-state index contributed by atoms with van der Waals surface area (Å²) in [6.07, 6.45) is 4.70. The molecule has 1 aromatic rings. The second-order valence-electron chi connectivity index (χ2n) is 4.30. The fourth-order valence-corrected chi connectivity index (χ4v) is 2.25. The molecule has 1 aliphatic carbocycles. The fraction of sp³-hybridized carbons (Fsp3) is 0.500. The quantitative estimate of drug-likeness (QED) is 0.791. The normalized spacial score (nSPS) is 24.4. The van der Waals surface area contributed by atoms with Gasteiger partial charge in [0.1, 0.15) is 5.15 Å². The van der Waals surface area contributed by atoms with Crippen LogP contribution in [0.2, 0.25) is 5.15 Å². The number of hydrogen-bond acceptors (Lipinski definition) is 3. The van der Waals surface area contributed by atoms with Gasteiger partial charge in [-0.15, -0.1) is 0 Å². The summed E-state index contributed by atoms with van der Waals surface area (Å²) >= 11 is 5.72. The Hall–Kier alpha value is -1.13. The van der Waals surface area contributed by atoms with E-state index in [-0.39, 0.29) is 11.9 Å². The zero-order valence-corrected chi connectivity index (χ0v) is 10.2. The Bertz CT molecular complexity index is 411. The maximum absolute atomic E-state index is 11.9. The number of aromatic nitrogens is 1. The van der Waals surface area contributed by atoms with Crippen molar-refractivity contribution in [1.82, 2.24) is 10.3 Å². The average molecular weight is 255 g/mol. The lowest BCUT2D eigenvalue weighted by Crippen LogP contribution is -2.45. The summed E-state index contributed by atoms with van der Waals surface area (Å²) < 4.78 is 0. The topological polar surface area (TPSA) is 62.2 Å². The second kappa shape index (κ2) is 5.47. The number of carbonyl (C=O) groups excluding carboxylic acids is 1. The molecule has 1 heterocycles. The van der Waals surface area contributed by atoms with Gasteiger partial charge in [0.25, 0.3) is 5.91 Å². The summed E-state index contributed by atoms with van der Waals surface area (Å²) in [6, 6.07) is 2.98. The highest BCUT2D eigenvalue weighted by Crippen LogP contribution is 2.19. The summed E-state index contributed by atoms with van der Waals surface area (Å²) in [5.74, 6) is -0.208. The van der Waals surface area contributed by atoms with Gasteiger partial charge in [-0.05, 0) is 25.0 Å². The second-order valence-corrected chi connectivity index (χ2v) is 4.69. The highest BCUT2D eigenvalue weighted by Gasteiger charge is 2.24. The highest BCUT2D eigenvalue weighted by molar-refractivity contribution is 6.29. The largest absolute Gasteiger partial charge is 0.391 e. The van der Waals surface area contributed by atoms with E-state index in [2.05, 4.69) is 10.3 Å². The maximum Gasteiger partial charge on any atom is 0.251 e. The minimum absolute atomic E-state index is 0.150. The van der Waals surface area contributed by atoms with E-state index in [4.69, 9.17) is 11.6 Å². The SMILES string of the molecule is O=C(NC1CCCCC1O)c1ccnc(Cl)c1. The molecule has 1 amide bonds. The van der Waals surface area contributed by atoms with Gasteiger partial charge in [0.2, 0.25) is 0 Å². The predicted molar refractivity (Wildman–Crippen MR) is 65.0 cm³/mol. The molecule has 92 valence electrons. The molecule has 2 N–H and O–H groups in total. The Morgan fingerprint density at radius 2 is 2.24 bits per heavy atom. The standard InChI is InChI=1S/C12H15ClN2O2/c13-11-7-8(5-6-14-11)12(17)15-9-3-1-2-4-10(9)16/h5-7,9-10,16H,1-4H2,(H,15,17). The summed E-state index contributed by atoms with van der Waals surface area (Å²) in [6.45, 7) is 0. The number of hydrogen-bond donors (Lipinski definition) is 2. The lowest BCUT2D eigenvalue weighted by molar-refractivity contribution is 0.0717. The Morgan fingerprint density at radius 3 is 2.94 bits per heavy atom. The smallest absolute Gasteiger partial charge is 0.251 e. The first-order chi connectivity index (χ1) is 8.16. The van der Waals surface area contributed by atoms with E-state index < -0.39 is 6.10 Å². The molecule has 0 bridgehead atoms. The zero-order valence-electron chi connectivity index (χ0n) is 9.40. The molecular formula is C12H15ClN2O2. The number of nitrogens with one attached hydrogen (secondary N) is 1. The minimum Gasteiger partial charge on any atom is -0.391 e. The van der Waals surface area contributed by atoms with E-state index >= 15 is 0 Å². The van der Waals surface area contributed by atoms with Crippen LogP contribution < -0.4 is 5.32 Å². The van der Waals surface area contributed by atoms with E-state index in [0.717, 1.165) is 25.7 Å². The summed E-state index contributed by atoms with van der Waals surface area (Å²) in [5.41, 5.74) is 0.475. The van der Waals surface area contributed by atoms with Gasteiger partial charge in [-0.1, -0.05) is 24.4 Å². The van der Waals surface area contributed by atoms with Crippen molar-refractivity contribution in [3.05, 3.63) is 29.0 Å². The molecule has 0 saturated heterocycles. The average Bonchev–Trinajstić information content (AvgIpc) is 2.32. The van der Waals surface area contributed by atoms with Crippen molar-refractivity contribution < 1.29 is 9.90 Å². The van der Waals surface area contributed by atoms with Crippen molar-refractivity contribution in [2.24, 2.45) is 0 Å². The number of carbonyl (C=O) groups is 1. The first kappa shape index (κ1) is 12.3.